The van der Waals surface area contributed by atoms with Crippen LogP contribution in [-0.2, 0) is 9.47 Å². The molecule has 0 radical (unpaired) electrons. The molecule has 0 bridgehead atoms. The van der Waals surface area contributed by atoms with Crippen LogP contribution in [0.1, 0.15) is 57.3 Å². The van der Waals surface area contributed by atoms with Crippen molar-refractivity contribution >= 4 is 15.9 Å². The van der Waals surface area contributed by atoms with Gasteiger partial charge in [0.05, 0.1) is 13.2 Å². The Bertz CT molecular complexity index is 443. The second-order valence-corrected chi connectivity index (χ2v) is 7.80. The van der Waals surface area contributed by atoms with Crippen molar-refractivity contribution in [2.24, 2.45) is 17.8 Å². The SMILES string of the molecule is CCCC1CCC(C2COC(c3ccc(Br)cc3)OC2)CC1. The summed E-state index contributed by atoms with van der Waals surface area (Å²) in [6.07, 6.45) is 8.11. The first-order valence-corrected chi connectivity index (χ1v) is 9.54. The summed E-state index contributed by atoms with van der Waals surface area (Å²) in [5.41, 5.74) is 1.12. The van der Waals surface area contributed by atoms with E-state index in [4.69, 9.17) is 9.47 Å². The van der Waals surface area contributed by atoms with Crippen LogP contribution in [0.3, 0.4) is 0 Å². The maximum Gasteiger partial charge on any atom is 0.183 e. The molecule has 3 heteroatoms. The second kappa shape index (κ2) is 7.94. The molecule has 1 aromatic rings. The van der Waals surface area contributed by atoms with Gasteiger partial charge in [-0.05, 0) is 36.8 Å². The molecule has 1 saturated carbocycles. The largest absolute Gasteiger partial charge is 0.348 e. The van der Waals surface area contributed by atoms with Crippen LogP contribution in [-0.4, -0.2) is 13.2 Å². The van der Waals surface area contributed by atoms with Crippen LogP contribution in [0.5, 0.6) is 0 Å². The second-order valence-electron chi connectivity index (χ2n) is 6.88. The minimum atomic E-state index is -0.180. The van der Waals surface area contributed by atoms with Crippen molar-refractivity contribution < 1.29 is 9.47 Å². The highest BCUT2D eigenvalue weighted by Gasteiger charge is 2.32. The van der Waals surface area contributed by atoms with Gasteiger partial charge in [-0.2, -0.15) is 0 Å². The summed E-state index contributed by atoms with van der Waals surface area (Å²) < 4.78 is 13.1. The molecule has 1 aliphatic carbocycles. The average Bonchev–Trinajstić information content (AvgIpc) is 2.57. The lowest BCUT2D eigenvalue weighted by atomic mass is 9.75. The molecular weight excluding hydrogens is 340 g/mol. The molecule has 1 aliphatic heterocycles. The highest BCUT2D eigenvalue weighted by molar-refractivity contribution is 9.10. The Morgan fingerprint density at radius 3 is 2.18 bits per heavy atom. The summed E-state index contributed by atoms with van der Waals surface area (Å²) in [6.45, 7) is 4.00. The molecule has 3 rings (SSSR count). The standard InChI is InChI=1S/C19H27BrO2/c1-2-3-14-4-6-15(7-5-14)17-12-21-19(22-13-17)16-8-10-18(20)11-9-16/h8-11,14-15,17,19H,2-7,12-13H2,1H3. The van der Waals surface area contributed by atoms with E-state index in [1.54, 1.807) is 0 Å². The lowest BCUT2D eigenvalue weighted by molar-refractivity contribution is -0.214. The lowest BCUT2D eigenvalue weighted by Crippen LogP contribution is -2.34. The van der Waals surface area contributed by atoms with Crippen molar-refractivity contribution in [3.8, 4) is 0 Å². The summed E-state index contributed by atoms with van der Waals surface area (Å²) in [5.74, 6) is 2.37. The van der Waals surface area contributed by atoms with Gasteiger partial charge in [0.2, 0.25) is 0 Å². The van der Waals surface area contributed by atoms with Crippen molar-refractivity contribution in [3.05, 3.63) is 34.3 Å². The van der Waals surface area contributed by atoms with E-state index in [1.165, 1.54) is 38.5 Å². The molecule has 2 aliphatic rings. The Balaban J connectivity index is 1.47. The minimum absolute atomic E-state index is 0.180. The van der Waals surface area contributed by atoms with Crippen LogP contribution >= 0.6 is 15.9 Å². The summed E-state index contributed by atoms with van der Waals surface area (Å²) in [4.78, 5) is 0. The van der Waals surface area contributed by atoms with E-state index >= 15 is 0 Å². The summed E-state index contributed by atoms with van der Waals surface area (Å²) in [5, 5.41) is 0. The number of halogens is 1. The lowest BCUT2D eigenvalue weighted by Gasteiger charge is -2.37. The highest BCUT2D eigenvalue weighted by atomic mass is 79.9. The van der Waals surface area contributed by atoms with Gasteiger partial charge < -0.3 is 9.47 Å². The van der Waals surface area contributed by atoms with Gasteiger partial charge >= 0.3 is 0 Å². The molecular formula is C19H27BrO2. The molecule has 2 nitrogen and oxygen atoms in total. The molecule has 0 spiro atoms. The molecule has 22 heavy (non-hydrogen) atoms. The van der Waals surface area contributed by atoms with Crippen molar-refractivity contribution in [2.75, 3.05) is 13.2 Å². The first-order chi connectivity index (χ1) is 10.8. The highest BCUT2D eigenvalue weighted by Crippen LogP contribution is 2.38. The first-order valence-electron chi connectivity index (χ1n) is 8.75. The summed E-state index contributed by atoms with van der Waals surface area (Å²) in [6, 6.07) is 8.24. The number of rotatable bonds is 4. The van der Waals surface area contributed by atoms with Crippen LogP contribution in [0, 0.1) is 17.8 Å². The van der Waals surface area contributed by atoms with Gasteiger partial charge in [0, 0.05) is 16.0 Å². The monoisotopic (exact) mass is 366 g/mol. The molecule has 2 fully saturated rings. The fourth-order valence-electron chi connectivity index (χ4n) is 3.96. The van der Waals surface area contributed by atoms with E-state index < -0.39 is 0 Å². The molecule has 1 aromatic carbocycles. The molecule has 0 unspecified atom stereocenters. The average molecular weight is 367 g/mol. The van der Waals surface area contributed by atoms with E-state index in [1.807, 2.05) is 12.1 Å². The van der Waals surface area contributed by atoms with Gasteiger partial charge in [-0.1, -0.05) is 60.7 Å². The Morgan fingerprint density at radius 1 is 0.955 bits per heavy atom. The van der Waals surface area contributed by atoms with Crippen molar-refractivity contribution in [3.63, 3.8) is 0 Å². The number of hydrogen-bond acceptors (Lipinski definition) is 2. The van der Waals surface area contributed by atoms with Gasteiger partial charge in [0.15, 0.2) is 6.29 Å². The molecule has 0 N–H and O–H groups in total. The van der Waals surface area contributed by atoms with Crippen molar-refractivity contribution in [1.29, 1.82) is 0 Å². The van der Waals surface area contributed by atoms with E-state index in [0.29, 0.717) is 5.92 Å². The van der Waals surface area contributed by atoms with Crippen LogP contribution < -0.4 is 0 Å². The van der Waals surface area contributed by atoms with Gasteiger partial charge in [-0.25, -0.2) is 0 Å². The Labute approximate surface area is 142 Å². The van der Waals surface area contributed by atoms with Gasteiger partial charge in [-0.15, -0.1) is 0 Å². The van der Waals surface area contributed by atoms with Crippen LogP contribution in [0.4, 0.5) is 0 Å². The molecule has 122 valence electrons. The molecule has 1 saturated heterocycles. The smallest absolute Gasteiger partial charge is 0.183 e. The summed E-state index contributed by atoms with van der Waals surface area (Å²) in [7, 11) is 0. The van der Waals surface area contributed by atoms with Gasteiger partial charge in [0.25, 0.3) is 0 Å². The third-order valence-corrected chi connectivity index (χ3v) is 5.85. The van der Waals surface area contributed by atoms with Crippen LogP contribution in [0.15, 0.2) is 28.7 Å². The van der Waals surface area contributed by atoms with Gasteiger partial charge in [-0.3, -0.25) is 0 Å². The van der Waals surface area contributed by atoms with E-state index in [-0.39, 0.29) is 6.29 Å². The molecule has 1 heterocycles. The van der Waals surface area contributed by atoms with Crippen LogP contribution in [0.25, 0.3) is 0 Å². The Morgan fingerprint density at radius 2 is 1.59 bits per heavy atom. The predicted octanol–water partition coefficient (Wildman–Crippen LogP) is 5.72. The van der Waals surface area contributed by atoms with Crippen LogP contribution in [0.2, 0.25) is 0 Å². The number of hydrogen-bond donors (Lipinski definition) is 0. The third kappa shape index (κ3) is 4.12. The Hall–Kier alpha value is -0.380. The predicted molar refractivity (Wildman–Crippen MR) is 92.6 cm³/mol. The first kappa shape index (κ1) is 16.5. The maximum absolute atomic E-state index is 6.01. The minimum Gasteiger partial charge on any atom is -0.348 e. The zero-order chi connectivity index (χ0) is 15.4. The summed E-state index contributed by atoms with van der Waals surface area (Å²) >= 11 is 3.47. The fraction of sp³-hybridized carbons (Fsp3) is 0.684. The van der Waals surface area contributed by atoms with E-state index in [2.05, 4.69) is 35.0 Å². The number of benzene rings is 1. The molecule has 0 atom stereocenters. The van der Waals surface area contributed by atoms with Crippen molar-refractivity contribution in [1.82, 2.24) is 0 Å². The maximum atomic E-state index is 6.01. The van der Waals surface area contributed by atoms with Crippen molar-refractivity contribution in [2.45, 2.75) is 51.7 Å². The van der Waals surface area contributed by atoms with E-state index in [0.717, 1.165) is 35.1 Å². The topological polar surface area (TPSA) is 18.5 Å². The van der Waals surface area contributed by atoms with E-state index in [9.17, 15) is 0 Å². The quantitative estimate of drug-likeness (QED) is 0.678. The fourth-order valence-corrected chi connectivity index (χ4v) is 4.22. The number of ether oxygens (including phenoxy) is 2. The Kier molecular flexibility index (Phi) is 5.95. The normalized spacial score (nSPS) is 32.8. The zero-order valence-electron chi connectivity index (χ0n) is 13.5. The third-order valence-electron chi connectivity index (χ3n) is 5.32. The molecule has 0 amide bonds. The zero-order valence-corrected chi connectivity index (χ0v) is 15.1. The molecule has 0 aromatic heterocycles. The van der Waals surface area contributed by atoms with Gasteiger partial charge in [0.1, 0.15) is 0 Å².